The van der Waals surface area contributed by atoms with E-state index in [0.717, 1.165) is 12.4 Å². The topological polar surface area (TPSA) is 64.1 Å². The Balaban J connectivity index is 2.03. The Morgan fingerprint density at radius 3 is 2.52 bits per heavy atom. The maximum absolute atomic E-state index is 13.9. The standard InChI is InChI=1S/C15H11Cl2F6N3O2S/c16-7-3-8(18)9(4-10(7)29(27)5-15(21,22)23)28-2-1-24-14-11(17)12(13(19)20)25-6-26-14/h3-4,6,13H,1-2,5H2,(H,24,25,26). The molecule has 0 saturated carbocycles. The lowest BCUT2D eigenvalue weighted by atomic mass is 10.3. The molecular formula is C15H11Cl2F6N3O2S. The fourth-order valence-electron chi connectivity index (χ4n) is 2.01. The molecule has 0 bridgehead atoms. The van der Waals surface area contributed by atoms with E-state index in [4.69, 9.17) is 27.9 Å². The van der Waals surface area contributed by atoms with Gasteiger partial charge in [-0.15, -0.1) is 0 Å². The summed E-state index contributed by atoms with van der Waals surface area (Å²) in [6.07, 6.45) is -6.75. The number of hydrogen-bond acceptors (Lipinski definition) is 5. The van der Waals surface area contributed by atoms with Crippen molar-refractivity contribution in [2.24, 2.45) is 0 Å². The van der Waals surface area contributed by atoms with Gasteiger partial charge in [0.1, 0.15) is 35.2 Å². The molecule has 1 atom stereocenters. The smallest absolute Gasteiger partial charge is 0.400 e. The molecule has 29 heavy (non-hydrogen) atoms. The Morgan fingerprint density at radius 1 is 1.21 bits per heavy atom. The first-order valence-corrected chi connectivity index (χ1v) is 9.66. The van der Waals surface area contributed by atoms with Gasteiger partial charge in [0.2, 0.25) is 0 Å². The minimum absolute atomic E-state index is 0.0809. The molecule has 2 aromatic rings. The van der Waals surface area contributed by atoms with Gasteiger partial charge in [-0.25, -0.2) is 23.1 Å². The first kappa shape index (κ1) is 23.5. The molecule has 0 saturated heterocycles. The first-order chi connectivity index (χ1) is 13.5. The molecule has 1 N–H and O–H groups in total. The maximum atomic E-state index is 13.9. The van der Waals surface area contributed by atoms with Gasteiger partial charge in [-0.3, -0.25) is 4.21 Å². The van der Waals surface area contributed by atoms with E-state index in [1.54, 1.807) is 0 Å². The fraction of sp³-hybridized carbons (Fsp3) is 0.333. The van der Waals surface area contributed by atoms with Crippen LogP contribution in [0.1, 0.15) is 12.1 Å². The minimum atomic E-state index is -4.71. The second-order valence-corrected chi connectivity index (χ2v) is 7.52. The lowest BCUT2D eigenvalue weighted by molar-refractivity contribution is -0.105. The normalized spacial score (nSPS) is 12.9. The fourth-order valence-corrected chi connectivity index (χ4v) is 3.63. The van der Waals surface area contributed by atoms with Gasteiger partial charge in [-0.2, -0.15) is 13.2 Å². The lowest BCUT2D eigenvalue weighted by Gasteiger charge is -2.13. The summed E-state index contributed by atoms with van der Waals surface area (Å²) in [6.45, 7) is -0.337. The number of hydrogen-bond donors (Lipinski definition) is 1. The molecule has 14 heteroatoms. The largest absolute Gasteiger partial charge is 0.489 e. The molecular weight excluding hydrogens is 471 g/mol. The first-order valence-electron chi connectivity index (χ1n) is 7.59. The third-order valence-corrected chi connectivity index (χ3v) is 5.42. The van der Waals surface area contributed by atoms with Gasteiger partial charge in [-0.05, 0) is 6.07 Å². The lowest BCUT2D eigenvalue weighted by Crippen LogP contribution is -2.19. The van der Waals surface area contributed by atoms with Gasteiger partial charge < -0.3 is 10.1 Å². The third kappa shape index (κ3) is 6.61. The van der Waals surface area contributed by atoms with E-state index < -0.39 is 61.4 Å². The monoisotopic (exact) mass is 481 g/mol. The summed E-state index contributed by atoms with van der Waals surface area (Å²) in [5, 5.41) is 1.74. The van der Waals surface area contributed by atoms with E-state index in [2.05, 4.69) is 15.3 Å². The Bertz CT molecular complexity index is 901. The van der Waals surface area contributed by atoms with E-state index in [9.17, 15) is 30.6 Å². The number of nitrogens with one attached hydrogen (secondary N) is 1. The van der Waals surface area contributed by atoms with Crippen molar-refractivity contribution in [3.63, 3.8) is 0 Å². The molecule has 0 spiro atoms. The summed E-state index contributed by atoms with van der Waals surface area (Å²) in [5.41, 5.74) is -0.675. The number of nitrogens with zero attached hydrogens (tertiary/aromatic N) is 2. The van der Waals surface area contributed by atoms with Crippen LogP contribution in [0.25, 0.3) is 0 Å². The van der Waals surface area contributed by atoms with Crippen molar-refractivity contribution in [1.29, 1.82) is 0 Å². The Hall–Kier alpha value is -1.79. The predicted octanol–water partition coefficient (Wildman–Crippen LogP) is 5.02. The van der Waals surface area contributed by atoms with Gasteiger partial charge in [0.25, 0.3) is 6.43 Å². The van der Waals surface area contributed by atoms with Crippen LogP contribution in [0.5, 0.6) is 5.75 Å². The van der Waals surface area contributed by atoms with Crippen molar-refractivity contribution in [2.45, 2.75) is 17.5 Å². The molecule has 160 valence electrons. The average Bonchev–Trinajstić information content (AvgIpc) is 2.59. The maximum Gasteiger partial charge on any atom is 0.400 e. The van der Waals surface area contributed by atoms with Crippen LogP contribution < -0.4 is 10.1 Å². The number of aromatic nitrogens is 2. The van der Waals surface area contributed by atoms with Gasteiger partial charge in [0.05, 0.1) is 27.3 Å². The highest BCUT2D eigenvalue weighted by atomic mass is 35.5. The molecule has 0 aliphatic heterocycles. The van der Waals surface area contributed by atoms with E-state index in [-0.39, 0.29) is 19.0 Å². The van der Waals surface area contributed by atoms with Crippen molar-refractivity contribution in [3.05, 3.63) is 40.0 Å². The van der Waals surface area contributed by atoms with Crippen molar-refractivity contribution in [1.82, 2.24) is 9.97 Å². The zero-order valence-corrected chi connectivity index (χ0v) is 16.4. The van der Waals surface area contributed by atoms with E-state index in [0.29, 0.717) is 6.07 Å². The molecule has 1 heterocycles. The molecule has 1 unspecified atom stereocenters. The van der Waals surface area contributed by atoms with Crippen LogP contribution in [0.3, 0.4) is 0 Å². The number of halogens is 8. The van der Waals surface area contributed by atoms with Crippen LogP contribution in [-0.2, 0) is 10.8 Å². The van der Waals surface area contributed by atoms with E-state index in [1.165, 1.54) is 0 Å². The SMILES string of the molecule is O=S(CC(F)(F)F)c1cc(OCCNc2ncnc(C(F)F)c2Cl)c(F)cc1Cl. The Labute approximate surface area is 172 Å². The summed E-state index contributed by atoms with van der Waals surface area (Å²) in [6, 6.07) is 1.50. The molecule has 1 aromatic heterocycles. The van der Waals surface area contributed by atoms with Gasteiger partial charge in [0.15, 0.2) is 11.6 Å². The van der Waals surface area contributed by atoms with Crippen LogP contribution in [0.2, 0.25) is 10.0 Å². The Morgan fingerprint density at radius 2 is 1.90 bits per heavy atom. The number of alkyl halides is 5. The quantitative estimate of drug-likeness (QED) is 0.423. The second-order valence-electron chi connectivity index (χ2n) is 5.32. The summed E-state index contributed by atoms with van der Waals surface area (Å²) < 4.78 is 93.5. The molecule has 0 aliphatic carbocycles. The highest BCUT2D eigenvalue weighted by molar-refractivity contribution is 7.85. The molecule has 0 radical (unpaired) electrons. The number of ether oxygens (including phenoxy) is 1. The highest BCUT2D eigenvalue weighted by Gasteiger charge is 2.32. The van der Waals surface area contributed by atoms with E-state index in [1.807, 2.05) is 0 Å². The van der Waals surface area contributed by atoms with Crippen molar-refractivity contribution >= 4 is 39.8 Å². The molecule has 0 fully saturated rings. The van der Waals surface area contributed by atoms with Crippen LogP contribution >= 0.6 is 23.2 Å². The third-order valence-electron chi connectivity index (χ3n) is 3.20. The molecule has 1 aromatic carbocycles. The van der Waals surface area contributed by atoms with E-state index >= 15 is 0 Å². The number of anilines is 1. The van der Waals surface area contributed by atoms with Crippen LogP contribution in [0.4, 0.5) is 32.2 Å². The molecule has 0 amide bonds. The highest BCUT2D eigenvalue weighted by Crippen LogP contribution is 2.31. The molecule has 5 nitrogen and oxygen atoms in total. The van der Waals surface area contributed by atoms with Crippen LogP contribution in [-0.4, -0.2) is 39.3 Å². The minimum Gasteiger partial charge on any atom is -0.489 e. The summed E-state index contributed by atoms with van der Waals surface area (Å²) in [7, 11) is -2.55. The zero-order valence-electron chi connectivity index (χ0n) is 14.1. The second kappa shape index (κ2) is 9.81. The van der Waals surface area contributed by atoms with Crippen molar-refractivity contribution < 1.29 is 35.3 Å². The summed E-state index contributed by atoms with van der Waals surface area (Å²) in [5.74, 6) is -3.23. The molecule has 2 rings (SSSR count). The van der Waals surface area contributed by atoms with Gasteiger partial charge >= 0.3 is 6.18 Å². The number of rotatable bonds is 8. The van der Waals surface area contributed by atoms with Gasteiger partial charge in [0, 0.05) is 6.07 Å². The van der Waals surface area contributed by atoms with Crippen molar-refractivity contribution in [2.75, 3.05) is 24.2 Å². The summed E-state index contributed by atoms with van der Waals surface area (Å²) >= 11 is 11.4. The Kier molecular flexibility index (Phi) is 7.94. The number of benzene rings is 1. The predicted molar refractivity (Wildman–Crippen MR) is 94.7 cm³/mol. The average molecular weight is 482 g/mol. The zero-order chi connectivity index (χ0) is 21.8. The van der Waals surface area contributed by atoms with Crippen LogP contribution in [0.15, 0.2) is 23.4 Å². The van der Waals surface area contributed by atoms with Crippen molar-refractivity contribution in [3.8, 4) is 5.75 Å². The van der Waals surface area contributed by atoms with Crippen LogP contribution in [0, 0.1) is 5.82 Å². The summed E-state index contributed by atoms with van der Waals surface area (Å²) in [4.78, 5) is 6.60. The van der Waals surface area contributed by atoms with Gasteiger partial charge in [-0.1, -0.05) is 23.2 Å². The molecule has 0 aliphatic rings.